The van der Waals surface area contributed by atoms with Gasteiger partial charge < -0.3 is 10.5 Å². The van der Waals surface area contributed by atoms with Gasteiger partial charge in [-0.05, 0) is 31.5 Å². The van der Waals surface area contributed by atoms with Gasteiger partial charge in [-0.25, -0.2) is 4.68 Å². The average molecular weight is 217 g/mol. The number of methoxy groups -OCH3 is 1. The van der Waals surface area contributed by atoms with Crippen molar-refractivity contribution >= 4 is 5.82 Å². The molecule has 16 heavy (non-hydrogen) atoms. The smallest absolute Gasteiger partial charge is 0.146 e. The molecule has 4 nitrogen and oxygen atoms in total. The van der Waals surface area contributed by atoms with Crippen LogP contribution in [0.1, 0.15) is 11.3 Å². The molecule has 0 aliphatic carbocycles. The van der Waals surface area contributed by atoms with Crippen molar-refractivity contribution in [1.82, 2.24) is 9.78 Å². The Kier molecular flexibility index (Phi) is 2.56. The zero-order chi connectivity index (χ0) is 11.7. The molecular formula is C12H15N3O. The van der Waals surface area contributed by atoms with Crippen molar-refractivity contribution in [2.24, 2.45) is 0 Å². The Morgan fingerprint density at radius 1 is 1.25 bits per heavy atom. The summed E-state index contributed by atoms with van der Waals surface area (Å²) in [6.45, 7) is 4.00. The standard InChI is InChI=1S/C12H15N3O/c1-8-4-5-11(16-3)10(6-8)15-9(2)7-12(13)14-15/h4-7H,1-3H3,(H2,13,14). The molecule has 0 spiro atoms. The lowest BCUT2D eigenvalue weighted by molar-refractivity contribution is 0.411. The largest absolute Gasteiger partial charge is 0.494 e. The molecule has 0 unspecified atom stereocenters. The first-order chi connectivity index (χ1) is 7.61. The maximum atomic E-state index is 5.67. The predicted octanol–water partition coefficient (Wildman–Crippen LogP) is 2.08. The van der Waals surface area contributed by atoms with Crippen LogP contribution < -0.4 is 10.5 Å². The van der Waals surface area contributed by atoms with Gasteiger partial charge in [0.25, 0.3) is 0 Å². The quantitative estimate of drug-likeness (QED) is 0.837. The summed E-state index contributed by atoms with van der Waals surface area (Å²) < 4.78 is 7.11. The highest BCUT2D eigenvalue weighted by atomic mass is 16.5. The van der Waals surface area contributed by atoms with Gasteiger partial charge in [-0.2, -0.15) is 5.10 Å². The van der Waals surface area contributed by atoms with Gasteiger partial charge in [-0.3, -0.25) is 0 Å². The van der Waals surface area contributed by atoms with E-state index in [1.54, 1.807) is 11.8 Å². The Labute approximate surface area is 94.6 Å². The van der Waals surface area contributed by atoms with Crippen molar-refractivity contribution in [2.45, 2.75) is 13.8 Å². The Bertz CT molecular complexity index is 517. The van der Waals surface area contributed by atoms with Crippen molar-refractivity contribution in [1.29, 1.82) is 0 Å². The van der Waals surface area contributed by atoms with Crippen molar-refractivity contribution in [2.75, 3.05) is 12.8 Å². The summed E-state index contributed by atoms with van der Waals surface area (Å²) in [5, 5.41) is 4.24. The third-order valence-electron chi connectivity index (χ3n) is 2.47. The minimum atomic E-state index is 0.515. The Hall–Kier alpha value is -1.97. The van der Waals surface area contributed by atoms with Gasteiger partial charge in [0.1, 0.15) is 17.3 Å². The number of hydrogen-bond donors (Lipinski definition) is 1. The highest BCUT2D eigenvalue weighted by Gasteiger charge is 2.09. The van der Waals surface area contributed by atoms with Gasteiger partial charge in [-0.15, -0.1) is 0 Å². The molecule has 84 valence electrons. The molecule has 0 fully saturated rings. The fourth-order valence-electron chi connectivity index (χ4n) is 1.71. The van der Waals surface area contributed by atoms with Crippen molar-refractivity contribution in [3.8, 4) is 11.4 Å². The Morgan fingerprint density at radius 3 is 2.56 bits per heavy atom. The van der Waals surface area contributed by atoms with E-state index in [0.717, 1.165) is 22.7 Å². The monoisotopic (exact) mass is 217 g/mol. The number of aryl methyl sites for hydroxylation is 2. The van der Waals surface area contributed by atoms with Crippen LogP contribution >= 0.6 is 0 Å². The van der Waals surface area contributed by atoms with E-state index < -0.39 is 0 Å². The first-order valence-corrected chi connectivity index (χ1v) is 5.09. The van der Waals surface area contributed by atoms with E-state index in [4.69, 9.17) is 10.5 Å². The number of aromatic nitrogens is 2. The minimum absolute atomic E-state index is 0.515. The predicted molar refractivity (Wildman–Crippen MR) is 64.0 cm³/mol. The second kappa shape index (κ2) is 3.89. The van der Waals surface area contributed by atoms with Crippen LogP contribution in [0.5, 0.6) is 5.75 Å². The van der Waals surface area contributed by atoms with Gasteiger partial charge >= 0.3 is 0 Å². The normalized spacial score (nSPS) is 10.4. The Morgan fingerprint density at radius 2 is 2.00 bits per heavy atom. The molecule has 1 aromatic carbocycles. The number of benzene rings is 1. The molecule has 1 aromatic heterocycles. The summed E-state index contributed by atoms with van der Waals surface area (Å²) >= 11 is 0. The molecular weight excluding hydrogens is 202 g/mol. The molecule has 0 aliphatic heterocycles. The third-order valence-corrected chi connectivity index (χ3v) is 2.47. The van der Waals surface area contributed by atoms with E-state index in [1.807, 2.05) is 38.1 Å². The minimum Gasteiger partial charge on any atom is -0.494 e. The maximum Gasteiger partial charge on any atom is 0.146 e. The fourth-order valence-corrected chi connectivity index (χ4v) is 1.71. The third kappa shape index (κ3) is 1.74. The summed E-state index contributed by atoms with van der Waals surface area (Å²) in [4.78, 5) is 0. The summed E-state index contributed by atoms with van der Waals surface area (Å²) in [7, 11) is 1.65. The number of hydrogen-bond acceptors (Lipinski definition) is 3. The molecule has 0 bridgehead atoms. The number of ether oxygens (including phenoxy) is 1. The van der Waals surface area contributed by atoms with Gasteiger partial charge in [0, 0.05) is 11.8 Å². The molecule has 0 amide bonds. The molecule has 2 rings (SSSR count). The number of anilines is 1. The average Bonchev–Trinajstić information content (AvgIpc) is 2.57. The van der Waals surface area contributed by atoms with Gasteiger partial charge in [0.15, 0.2) is 0 Å². The van der Waals surface area contributed by atoms with Gasteiger partial charge in [-0.1, -0.05) is 6.07 Å². The number of nitrogen functional groups attached to an aromatic ring is 1. The van der Waals surface area contributed by atoms with Gasteiger partial charge in [0.2, 0.25) is 0 Å². The first kappa shape index (κ1) is 10.5. The number of nitrogens with zero attached hydrogens (tertiary/aromatic N) is 2. The second-order valence-electron chi connectivity index (χ2n) is 3.80. The second-order valence-corrected chi connectivity index (χ2v) is 3.80. The van der Waals surface area contributed by atoms with E-state index >= 15 is 0 Å². The lowest BCUT2D eigenvalue weighted by Gasteiger charge is -2.10. The van der Waals surface area contributed by atoms with Crippen LogP contribution in [0.15, 0.2) is 24.3 Å². The summed E-state index contributed by atoms with van der Waals surface area (Å²) in [5.41, 5.74) is 8.73. The van der Waals surface area contributed by atoms with Crippen LogP contribution in [0.2, 0.25) is 0 Å². The molecule has 2 aromatic rings. The zero-order valence-electron chi connectivity index (χ0n) is 9.69. The van der Waals surface area contributed by atoms with Crippen molar-refractivity contribution in [3.63, 3.8) is 0 Å². The van der Waals surface area contributed by atoms with E-state index in [1.165, 1.54) is 0 Å². The molecule has 0 atom stereocenters. The van der Waals surface area contributed by atoms with Crippen LogP contribution in [0.4, 0.5) is 5.82 Å². The summed E-state index contributed by atoms with van der Waals surface area (Å²) in [6.07, 6.45) is 0. The Balaban J connectivity index is 2.62. The lowest BCUT2D eigenvalue weighted by Crippen LogP contribution is -2.02. The molecule has 0 aliphatic rings. The van der Waals surface area contributed by atoms with Crippen LogP contribution in [0.3, 0.4) is 0 Å². The van der Waals surface area contributed by atoms with E-state index in [0.29, 0.717) is 5.82 Å². The van der Waals surface area contributed by atoms with Crippen LogP contribution in [-0.4, -0.2) is 16.9 Å². The summed E-state index contributed by atoms with van der Waals surface area (Å²) in [5.74, 6) is 1.30. The SMILES string of the molecule is COc1ccc(C)cc1-n1nc(N)cc1C. The van der Waals surface area contributed by atoms with Gasteiger partial charge in [0.05, 0.1) is 7.11 Å². The fraction of sp³-hybridized carbons (Fsp3) is 0.250. The highest BCUT2D eigenvalue weighted by molar-refractivity contribution is 5.50. The molecule has 0 saturated carbocycles. The molecule has 1 heterocycles. The van der Waals surface area contributed by atoms with E-state index in [2.05, 4.69) is 5.10 Å². The topological polar surface area (TPSA) is 53.1 Å². The zero-order valence-corrected chi connectivity index (χ0v) is 9.69. The van der Waals surface area contributed by atoms with Crippen molar-refractivity contribution < 1.29 is 4.74 Å². The number of nitrogens with two attached hydrogens (primary N) is 1. The molecule has 4 heteroatoms. The van der Waals surface area contributed by atoms with Crippen LogP contribution in [-0.2, 0) is 0 Å². The lowest BCUT2D eigenvalue weighted by atomic mass is 10.2. The number of rotatable bonds is 2. The molecule has 0 radical (unpaired) electrons. The van der Waals surface area contributed by atoms with E-state index in [9.17, 15) is 0 Å². The molecule has 2 N–H and O–H groups in total. The molecule has 0 saturated heterocycles. The van der Waals surface area contributed by atoms with Crippen LogP contribution in [0.25, 0.3) is 5.69 Å². The first-order valence-electron chi connectivity index (χ1n) is 5.09. The van der Waals surface area contributed by atoms with Crippen LogP contribution in [0, 0.1) is 13.8 Å². The highest BCUT2D eigenvalue weighted by Crippen LogP contribution is 2.25. The van der Waals surface area contributed by atoms with Crippen molar-refractivity contribution in [3.05, 3.63) is 35.5 Å². The summed E-state index contributed by atoms with van der Waals surface area (Å²) in [6, 6.07) is 7.80. The maximum absolute atomic E-state index is 5.67. The van der Waals surface area contributed by atoms with E-state index in [-0.39, 0.29) is 0 Å².